The highest BCUT2D eigenvalue weighted by Gasteiger charge is 2.14. The number of carbonyl (C=O) groups excluding carboxylic acids is 1. The van der Waals surface area contributed by atoms with Crippen molar-refractivity contribution in [2.45, 2.75) is 213 Å². The molecular formula is C35H68O4. The van der Waals surface area contributed by atoms with Gasteiger partial charge in [0, 0.05) is 12.8 Å². The maximum absolute atomic E-state index is 12.5. The van der Waals surface area contributed by atoms with Gasteiger partial charge in [0.2, 0.25) is 0 Å². The highest BCUT2D eigenvalue weighted by Crippen LogP contribution is 2.18. The van der Waals surface area contributed by atoms with Crippen LogP contribution >= 0.6 is 0 Å². The van der Waals surface area contributed by atoms with Crippen LogP contribution in [-0.2, 0) is 14.3 Å². The minimum atomic E-state index is -0.739. The number of ether oxygens (including phenoxy) is 1. The molecule has 0 bridgehead atoms. The highest BCUT2D eigenvalue weighted by molar-refractivity contribution is 5.69. The fourth-order valence-electron chi connectivity index (χ4n) is 5.48. The first kappa shape index (κ1) is 37.9. The molecule has 0 heterocycles. The van der Waals surface area contributed by atoms with Crippen molar-refractivity contribution in [2.24, 2.45) is 0 Å². The molecule has 232 valence electrons. The van der Waals surface area contributed by atoms with Gasteiger partial charge in [-0.05, 0) is 38.5 Å². The van der Waals surface area contributed by atoms with Crippen molar-refractivity contribution in [3.8, 4) is 0 Å². The van der Waals surface area contributed by atoms with E-state index in [-0.39, 0.29) is 18.5 Å². The molecule has 0 aliphatic carbocycles. The van der Waals surface area contributed by atoms with Crippen LogP contribution < -0.4 is 0 Å². The second-order valence-electron chi connectivity index (χ2n) is 12.1. The third kappa shape index (κ3) is 31.3. The van der Waals surface area contributed by atoms with Gasteiger partial charge in [0.25, 0.3) is 0 Å². The predicted octanol–water partition coefficient (Wildman–Crippen LogP) is 11.7. The standard InChI is InChI=1S/C35H68O4/c1-3-5-7-9-11-13-15-17-19-21-23-25-29-33(30-27-28-31-34(36)37)39-35(38)32-26-24-22-20-18-16-14-12-10-8-6-4-2/h33H,3-32H2,1-2H3,(H,36,37). The SMILES string of the molecule is CCCCCCCCCCCCCCC(=O)OC(CCCCCCCCCCCCCC)CCCCC(=O)O. The Morgan fingerprint density at radius 1 is 0.462 bits per heavy atom. The Bertz CT molecular complexity index is 519. The molecule has 0 saturated heterocycles. The summed E-state index contributed by atoms with van der Waals surface area (Å²) < 4.78 is 5.87. The molecule has 4 nitrogen and oxygen atoms in total. The molecule has 39 heavy (non-hydrogen) atoms. The number of rotatable bonds is 32. The molecule has 0 aromatic rings. The average molecular weight is 553 g/mol. The van der Waals surface area contributed by atoms with Crippen LogP contribution in [0.3, 0.4) is 0 Å². The van der Waals surface area contributed by atoms with E-state index in [0.717, 1.165) is 38.5 Å². The van der Waals surface area contributed by atoms with E-state index in [4.69, 9.17) is 9.84 Å². The Morgan fingerprint density at radius 2 is 0.769 bits per heavy atom. The summed E-state index contributed by atoms with van der Waals surface area (Å²) in [5, 5.41) is 8.91. The lowest BCUT2D eigenvalue weighted by Crippen LogP contribution is -2.18. The van der Waals surface area contributed by atoms with E-state index in [9.17, 15) is 9.59 Å². The van der Waals surface area contributed by atoms with Gasteiger partial charge >= 0.3 is 11.9 Å². The van der Waals surface area contributed by atoms with Crippen LogP contribution in [0.4, 0.5) is 0 Å². The number of hydrogen-bond donors (Lipinski definition) is 1. The summed E-state index contributed by atoms with van der Waals surface area (Å²) in [7, 11) is 0. The van der Waals surface area contributed by atoms with E-state index < -0.39 is 5.97 Å². The lowest BCUT2D eigenvalue weighted by molar-refractivity contribution is -0.150. The summed E-state index contributed by atoms with van der Waals surface area (Å²) in [6.45, 7) is 4.54. The molecule has 1 unspecified atom stereocenters. The zero-order chi connectivity index (χ0) is 28.7. The van der Waals surface area contributed by atoms with E-state index in [1.165, 1.54) is 135 Å². The summed E-state index contributed by atoms with van der Waals surface area (Å²) in [4.78, 5) is 23.3. The van der Waals surface area contributed by atoms with Crippen molar-refractivity contribution in [3.63, 3.8) is 0 Å². The van der Waals surface area contributed by atoms with Gasteiger partial charge in [-0.15, -0.1) is 0 Å². The van der Waals surface area contributed by atoms with Crippen molar-refractivity contribution in [1.82, 2.24) is 0 Å². The minimum absolute atomic E-state index is 0.0354. The van der Waals surface area contributed by atoms with Crippen molar-refractivity contribution in [2.75, 3.05) is 0 Å². The lowest BCUT2D eigenvalue weighted by atomic mass is 10.0. The molecule has 0 amide bonds. The van der Waals surface area contributed by atoms with E-state index in [1.54, 1.807) is 0 Å². The number of esters is 1. The Hall–Kier alpha value is -1.06. The molecule has 0 spiro atoms. The van der Waals surface area contributed by atoms with Crippen LogP contribution in [0.15, 0.2) is 0 Å². The van der Waals surface area contributed by atoms with Gasteiger partial charge in [0.05, 0.1) is 0 Å². The first-order valence-corrected chi connectivity index (χ1v) is 17.5. The zero-order valence-electron chi connectivity index (χ0n) is 26.5. The van der Waals surface area contributed by atoms with E-state index in [0.29, 0.717) is 12.8 Å². The number of carboxylic acids is 1. The number of hydrogen-bond acceptors (Lipinski definition) is 3. The number of aliphatic carboxylic acids is 1. The van der Waals surface area contributed by atoms with Crippen LogP contribution in [0.25, 0.3) is 0 Å². The molecular weight excluding hydrogens is 484 g/mol. The molecule has 0 saturated carbocycles. The quantitative estimate of drug-likeness (QED) is 0.0665. The third-order valence-electron chi connectivity index (χ3n) is 8.08. The summed E-state index contributed by atoms with van der Waals surface area (Å²) in [5.74, 6) is -0.791. The molecule has 0 aromatic carbocycles. The second-order valence-corrected chi connectivity index (χ2v) is 12.1. The van der Waals surface area contributed by atoms with Crippen LogP contribution in [0.2, 0.25) is 0 Å². The topological polar surface area (TPSA) is 63.6 Å². The summed E-state index contributed by atoms with van der Waals surface area (Å²) >= 11 is 0. The van der Waals surface area contributed by atoms with Crippen LogP contribution in [-0.4, -0.2) is 23.1 Å². The Kier molecular flexibility index (Phi) is 30.6. The maximum Gasteiger partial charge on any atom is 0.306 e. The monoisotopic (exact) mass is 553 g/mol. The second kappa shape index (κ2) is 31.5. The third-order valence-corrected chi connectivity index (χ3v) is 8.08. The number of carbonyl (C=O) groups is 2. The van der Waals surface area contributed by atoms with Gasteiger partial charge in [0.15, 0.2) is 0 Å². The van der Waals surface area contributed by atoms with Crippen LogP contribution in [0, 0.1) is 0 Å². The largest absolute Gasteiger partial charge is 0.481 e. The molecule has 0 aliphatic heterocycles. The normalized spacial score (nSPS) is 12.1. The Balaban J connectivity index is 3.89. The molecule has 0 aliphatic rings. The van der Waals surface area contributed by atoms with Gasteiger partial charge in [-0.1, -0.05) is 155 Å². The van der Waals surface area contributed by atoms with E-state index in [2.05, 4.69) is 13.8 Å². The molecule has 0 fully saturated rings. The minimum Gasteiger partial charge on any atom is -0.481 e. The summed E-state index contributed by atoms with van der Waals surface area (Å²) in [5.41, 5.74) is 0. The molecule has 4 heteroatoms. The van der Waals surface area contributed by atoms with Crippen molar-refractivity contribution < 1.29 is 19.4 Å². The van der Waals surface area contributed by atoms with Gasteiger partial charge in [-0.2, -0.15) is 0 Å². The molecule has 1 atom stereocenters. The molecule has 0 rings (SSSR count). The smallest absolute Gasteiger partial charge is 0.306 e. The van der Waals surface area contributed by atoms with Crippen LogP contribution in [0.5, 0.6) is 0 Å². The summed E-state index contributed by atoms with van der Waals surface area (Å²) in [6, 6.07) is 0. The zero-order valence-corrected chi connectivity index (χ0v) is 26.5. The van der Waals surface area contributed by atoms with E-state index in [1.807, 2.05) is 0 Å². The molecule has 0 aromatic heterocycles. The fourth-order valence-corrected chi connectivity index (χ4v) is 5.48. The molecule has 1 N–H and O–H groups in total. The summed E-state index contributed by atoms with van der Waals surface area (Å²) in [6.07, 6.45) is 35.3. The average Bonchev–Trinajstić information content (AvgIpc) is 2.92. The number of carboxylic acid groups (broad SMARTS) is 1. The molecule has 0 radical (unpaired) electrons. The highest BCUT2D eigenvalue weighted by atomic mass is 16.5. The Labute approximate surface area is 243 Å². The van der Waals surface area contributed by atoms with Gasteiger partial charge in [-0.3, -0.25) is 9.59 Å². The first-order chi connectivity index (χ1) is 19.1. The van der Waals surface area contributed by atoms with Crippen molar-refractivity contribution >= 4 is 11.9 Å². The van der Waals surface area contributed by atoms with Gasteiger partial charge in [0.1, 0.15) is 6.10 Å². The first-order valence-electron chi connectivity index (χ1n) is 17.5. The van der Waals surface area contributed by atoms with Crippen LogP contribution in [0.1, 0.15) is 206 Å². The Morgan fingerprint density at radius 3 is 1.15 bits per heavy atom. The van der Waals surface area contributed by atoms with Gasteiger partial charge in [-0.25, -0.2) is 0 Å². The van der Waals surface area contributed by atoms with Gasteiger partial charge < -0.3 is 9.84 Å². The van der Waals surface area contributed by atoms with Crippen molar-refractivity contribution in [3.05, 3.63) is 0 Å². The fraction of sp³-hybridized carbons (Fsp3) is 0.943. The van der Waals surface area contributed by atoms with E-state index >= 15 is 0 Å². The number of unbranched alkanes of at least 4 members (excludes halogenated alkanes) is 23. The maximum atomic E-state index is 12.5. The lowest BCUT2D eigenvalue weighted by Gasteiger charge is -2.18. The van der Waals surface area contributed by atoms with Crippen molar-refractivity contribution in [1.29, 1.82) is 0 Å². The predicted molar refractivity (Wildman–Crippen MR) is 167 cm³/mol.